The minimum absolute atomic E-state index is 0.205. The average molecular weight is 330 g/mol. The number of amides is 2. The Hall–Kier alpha value is -1.83. The molecule has 1 saturated heterocycles. The molecule has 1 fully saturated rings. The number of anilines is 1. The molecule has 8 heteroatoms. The van der Waals surface area contributed by atoms with Gasteiger partial charge in [-0.2, -0.15) is 13.2 Å². The number of hydrogen-bond acceptors (Lipinski definition) is 3. The van der Waals surface area contributed by atoms with Gasteiger partial charge in [-0.25, -0.2) is 9.78 Å². The van der Waals surface area contributed by atoms with Gasteiger partial charge in [0.25, 0.3) is 0 Å². The summed E-state index contributed by atoms with van der Waals surface area (Å²) in [6.45, 7) is 2.33. The topological polar surface area (TPSA) is 57.3 Å². The Morgan fingerprint density at radius 1 is 1.35 bits per heavy atom. The van der Waals surface area contributed by atoms with Gasteiger partial charge in [-0.15, -0.1) is 0 Å². The summed E-state index contributed by atoms with van der Waals surface area (Å²) < 4.78 is 36.9. The number of nitrogens with one attached hydrogen (secondary N) is 2. The lowest BCUT2D eigenvalue weighted by atomic mass is 9.97. The molecule has 1 aromatic heterocycles. The van der Waals surface area contributed by atoms with Gasteiger partial charge in [0, 0.05) is 12.7 Å². The largest absolute Gasteiger partial charge is 0.401 e. The quantitative estimate of drug-likeness (QED) is 0.892. The van der Waals surface area contributed by atoms with Crippen LogP contribution in [0.4, 0.5) is 23.8 Å². The summed E-state index contributed by atoms with van der Waals surface area (Å²) in [5, 5.41) is 5.38. The molecule has 0 unspecified atom stereocenters. The number of urea groups is 1. The van der Waals surface area contributed by atoms with Crippen molar-refractivity contribution in [3.05, 3.63) is 23.9 Å². The highest BCUT2D eigenvalue weighted by Gasteiger charge is 2.32. The van der Waals surface area contributed by atoms with Gasteiger partial charge in [0.05, 0.1) is 6.54 Å². The maximum Gasteiger partial charge on any atom is 0.401 e. The number of piperidine rings is 1. The van der Waals surface area contributed by atoms with E-state index in [1.54, 1.807) is 12.3 Å². The van der Waals surface area contributed by atoms with Crippen LogP contribution in [0.15, 0.2) is 18.3 Å². The van der Waals surface area contributed by atoms with Crippen molar-refractivity contribution in [2.45, 2.75) is 25.9 Å². The van der Waals surface area contributed by atoms with Crippen molar-refractivity contribution in [3.63, 3.8) is 0 Å². The summed E-state index contributed by atoms with van der Waals surface area (Å²) in [4.78, 5) is 17.3. The fourth-order valence-electron chi connectivity index (χ4n) is 2.54. The van der Waals surface area contributed by atoms with Gasteiger partial charge >= 0.3 is 12.2 Å². The zero-order valence-electron chi connectivity index (χ0n) is 13.0. The van der Waals surface area contributed by atoms with Crippen LogP contribution in [0, 0.1) is 12.8 Å². The summed E-state index contributed by atoms with van der Waals surface area (Å²) in [5.74, 6) is 0.671. The van der Waals surface area contributed by atoms with Crippen molar-refractivity contribution >= 4 is 11.8 Å². The first-order valence-electron chi connectivity index (χ1n) is 7.58. The first-order valence-corrected chi connectivity index (χ1v) is 7.58. The number of likely N-dealkylation sites (tertiary alicyclic amines) is 1. The number of rotatable bonds is 4. The summed E-state index contributed by atoms with van der Waals surface area (Å²) in [7, 11) is 0. The van der Waals surface area contributed by atoms with E-state index in [-0.39, 0.29) is 11.9 Å². The number of alkyl halides is 3. The maximum absolute atomic E-state index is 12.3. The average Bonchev–Trinajstić information content (AvgIpc) is 2.47. The zero-order valence-corrected chi connectivity index (χ0v) is 13.0. The maximum atomic E-state index is 12.3. The van der Waals surface area contributed by atoms with Crippen LogP contribution < -0.4 is 10.6 Å². The van der Waals surface area contributed by atoms with E-state index in [4.69, 9.17) is 0 Å². The summed E-state index contributed by atoms with van der Waals surface area (Å²) >= 11 is 0. The van der Waals surface area contributed by atoms with Crippen LogP contribution >= 0.6 is 0 Å². The Kier molecular flexibility index (Phi) is 5.81. The van der Waals surface area contributed by atoms with E-state index in [2.05, 4.69) is 15.6 Å². The van der Waals surface area contributed by atoms with E-state index in [0.717, 1.165) is 5.56 Å². The number of carbonyl (C=O) groups is 1. The standard InChI is InChI=1S/C15H21F3N4O/c1-11-2-3-13(19-8-11)21-14(23)20-9-12-4-6-22(7-5-12)10-15(16,17)18/h2-3,8,12H,4-7,9-10H2,1H3,(H2,19,20,21,23). The van der Waals surface area contributed by atoms with E-state index in [0.29, 0.717) is 38.3 Å². The van der Waals surface area contributed by atoms with Gasteiger partial charge < -0.3 is 5.32 Å². The monoisotopic (exact) mass is 330 g/mol. The number of aryl methyl sites for hydroxylation is 1. The molecule has 2 N–H and O–H groups in total. The Labute approximate surface area is 133 Å². The Morgan fingerprint density at radius 2 is 2.04 bits per heavy atom. The molecule has 0 atom stereocenters. The Balaban J connectivity index is 1.67. The van der Waals surface area contributed by atoms with Crippen molar-refractivity contribution in [2.24, 2.45) is 5.92 Å². The lowest BCUT2D eigenvalue weighted by Gasteiger charge is -2.32. The minimum Gasteiger partial charge on any atom is -0.338 e. The second-order valence-electron chi connectivity index (χ2n) is 5.89. The molecule has 2 heterocycles. The third kappa shape index (κ3) is 6.43. The van der Waals surface area contributed by atoms with Crippen molar-refractivity contribution in [1.29, 1.82) is 0 Å². The van der Waals surface area contributed by atoms with Gasteiger partial charge in [0.1, 0.15) is 5.82 Å². The molecule has 2 amide bonds. The lowest BCUT2D eigenvalue weighted by molar-refractivity contribution is -0.148. The molecule has 0 aromatic carbocycles. The highest BCUT2D eigenvalue weighted by molar-refractivity contribution is 5.88. The first-order chi connectivity index (χ1) is 10.8. The SMILES string of the molecule is Cc1ccc(NC(=O)NCC2CCN(CC(F)(F)F)CC2)nc1. The first kappa shape index (κ1) is 17.5. The van der Waals surface area contributed by atoms with Crippen LogP contribution in [-0.4, -0.2) is 48.3 Å². The number of hydrogen-bond donors (Lipinski definition) is 2. The van der Waals surface area contributed by atoms with E-state index in [1.807, 2.05) is 13.0 Å². The predicted molar refractivity (Wildman–Crippen MR) is 81.2 cm³/mol. The molecule has 0 aliphatic carbocycles. The van der Waals surface area contributed by atoms with Gasteiger partial charge in [0.15, 0.2) is 0 Å². The summed E-state index contributed by atoms with van der Waals surface area (Å²) in [5.41, 5.74) is 1.00. The van der Waals surface area contributed by atoms with E-state index >= 15 is 0 Å². The second-order valence-corrected chi connectivity index (χ2v) is 5.89. The molecule has 0 bridgehead atoms. The van der Waals surface area contributed by atoms with Gasteiger partial charge in [-0.3, -0.25) is 10.2 Å². The smallest absolute Gasteiger partial charge is 0.338 e. The van der Waals surface area contributed by atoms with E-state index in [1.165, 1.54) is 4.90 Å². The van der Waals surface area contributed by atoms with Crippen LogP contribution in [0.25, 0.3) is 0 Å². The fraction of sp³-hybridized carbons (Fsp3) is 0.600. The van der Waals surface area contributed by atoms with Crippen molar-refractivity contribution in [1.82, 2.24) is 15.2 Å². The number of halogens is 3. The van der Waals surface area contributed by atoms with Crippen LogP contribution in [0.1, 0.15) is 18.4 Å². The molecular formula is C15H21F3N4O. The van der Waals surface area contributed by atoms with Crippen molar-refractivity contribution in [3.8, 4) is 0 Å². The Bertz CT molecular complexity index is 510. The van der Waals surface area contributed by atoms with Crippen LogP contribution in [-0.2, 0) is 0 Å². The second kappa shape index (κ2) is 7.63. The van der Waals surface area contributed by atoms with Crippen molar-refractivity contribution < 1.29 is 18.0 Å². The van der Waals surface area contributed by atoms with E-state index < -0.39 is 12.7 Å². The van der Waals surface area contributed by atoms with Gasteiger partial charge in [0.2, 0.25) is 0 Å². The molecule has 0 spiro atoms. The number of carbonyl (C=O) groups excluding carboxylic acids is 1. The van der Waals surface area contributed by atoms with Crippen LogP contribution in [0.3, 0.4) is 0 Å². The van der Waals surface area contributed by atoms with Gasteiger partial charge in [-0.1, -0.05) is 6.07 Å². The van der Waals surface area contributed by atoms with Crippen molar-refractivity contribution in [2.75, 3.05) is 31.5 Å². The molecular weight excluding hydrogens is 309 g/mol. The molecule has 1 aromatic rings. The van der Waals surface area contributed by atoms with Crippen LogP contribution in [0.2, 0.25) is 0 Å². The molecule has 128 valence electrons. The normalized spacial score (nSPS) is 17.0. The highest BCUT2D eigenvalue weighted by Crippen LogP contribution is 2.22. The summed E-state index contributed by atoms with van der Waals surface area (Å²) in [6.07, 6.45) is -1.18. The highest BCUT2D eigenvalue weighted by atomic mass is 19.4. The molecule has 0 radical (unpaired) electrons. The molecule has 1 aliphatic rings. The fourth-order valence-corrected chi connectivity index (χ4v) is 2.54. The summed E-state index contributed by atoms with van der Waals surface area (Å²) in [6, 6.07) is 3.21. The zero-order chi connectivity index (χ0) is 16.9. The van der Waals surface area contributed by atoms with Crippen LogP contribution in [0.5, 0.6) is 0 Å². The predicted octanol–water partition coefficient (Wildman–Crippen LogP) is 2.79. The molecule has 2 rings (SSSR count). The molecule has 23 heavy (non-hydrogen) atoms. The number of aromatic nitrogens is 1. The third-order valence-corrected chi connectivity index (χ3v) is 3.81. The number of nitrogens with zero attached hydrogens (tertiary/aromatic N) is 2. The van der Waals surface area contributed by atoms with E-state index in [9.17, 15) is 18.0 Å². The molecule has 0 saturated carbocycles. The molecule has 5 nitrogen and oxygen atoms in total. The third-order valence-electron chi connectivity index (χ3n) is 3.81. The van der Waals surface area contributed by atoms with Gasteiger partial charge in [-0.05, 0) is 50.4 Å². The minimum atomic E-state index is -4.15. The lowest BCUT2D eigenvalue weighted by Crippen LogP contribution is -2.43. The molecule has 1 aliphatic heterocycles. The Morgan fingerprint density at radius 3 is 2.61 bits per heavy atom. The number of pyridine rings is 1.